The summed E-state index contributed by atoms with van der Waals surface area (Å²) in [6, 6.07) is 10.4. The maximum Gasteiger partial charge on any atom is 0.340 e. The van der Waals surface area contributed by atoms with Crippen LogP contribution in [0.3, 0.4) is 0 Å². The number of ether oxygens (including phenoxy) is 1. The van der Waals surface area contributed by atoms with E-state index in [0.29, 0.717) is 17.1 Å². The Morgan fingerprint density at radius 1 is 1.21 bits per heavy atom. The van der Waals surface area contributed by atoms with E-state index in [1.54, 1.807) is 12.1 Å². The van der Waals surface area contributed by atoms with Crippen molar-refractivity contribution in [1.29, 1.82) is 0 Å². The zero-order valence-electron chi connectivity index (χ0n) is 13.7. The van der Waals surface area contributed by atoms with E-state index in [-0.39, 0.29) is 5.56 Å². The molecule has 3 nitrogen and oxygen atoms in total. The van der Waals surface area contributed by atoms with Crippen molar-refractivity contribution in [2.45, 2.75) is 20.4 Å². The van der Waals surface area contributed by atoms with Gasteiger partial charge in [-0.1, -0.05) is 29.8 Å². The average molecular weight is 346 g/mol. The second kappa shape index (κ2) is 6.29. The maximum absolute atomic E-state index is 14.7. The number of fused-ring (bicyclic) bond motifs is 1. The highest BCUT2D eigenvalue weighted by Gasteiger charge is 2.18. The zero-order valence-corrected chi connectivity index (χ0v) is 14.4. The Hall–Kier alpha value is -2.33. The minimum absolute atomic E-state index is 0.0566. The number of halogens is 2. The minimum Gasteiger partial charge on any atom is -0.465 e. The van der Waals surface area contributed by atoms with Gasteiger partial charge in [0.05, 0.1) is 29.8 Å². The lowest BCUT2D eigenvalue weighted by Gasteiger charge is -2.11. The summed E-state index contributed by atoms with van der Waals surface area (Å²) in [6.45, 7) is 4.29. The lowest BCUT2D eigenvalue weighted by atomic mass is 10.1. The number of carbonyl (C=O) groups excluding carboxylic acids is 1. The van der Waals surface area contributed by atoms with Gasteiger partial charge in [-0.25, -0.2) is 9.18 Å². The van der Waals surface area contributed by atoms with Crippen molar-refractivity contribution in [2.75, 3.05) is 7.11 Å². The molecule has 0 radical (unpaired) electrons. The quantitative estimate of drug-likeness (QED) is 0.633. The second-order valence-corrected chi connectivity index (χ2v) is 6.11. The molecule has 3 rings (SSSR count). The number of esters is 1. The summed E-state index contributed by atoms with van der Waals surface area (Å²) in [5.41, 5.74) is 3.40. The van der Waals surface area contributed by atoms with Gasteiger partial charge in [0.15, 0.2) is 0 Å². The molecule has 0 saturated heterocycles. The summed E-state index contributed by atoms with van der Waals surface area (Å²) >= 11 is 6.32. The summed E-state index contributed by atoms with van der Waals surface area (Å²) < 4.78 is 21.3. The molecule has 24 heavy (non-hydrogen) atoms. The van der Waals surface area contributed by atoms with Crippen LogP contribution < -0.4 is 0 Å². The molecule has 0 spiro atoms. The van der Waals surface area contributed by atoms with E-state index in [0.717, 1.165) is 22.2 Å². The van der Waals surface area contributed by atoms with Crippen LogP contribution in [0.1, 0.15) is 27.2 Å². The molecule has 0 saturated carbocycles. The number of carbonyl (C=O) groups is 1. The maximum atomic E-state index is 14.7. The fourth-order valence-corrected chi connectivity index (χ4v) is 3.33. The third kappa shape index (κ3) is 2.57. The molecule has 1 heterocycles. The number of aromatic nitrogens is 1. The van der Waals surface area contributed by atoms with Crippen molar-refractivity contribution in [3.63, 3.8) is 0 Å². The fraction of sp³-hybridized carbons (Fsp3) is 0.211. The molecular weight excluding hydrogens is 329 g/mol. The fourth-order valence-electron chi connectivity index (χ4n) is 3.02. The molecule has 3 aromatic rings. The van der Waals surface area contributed by atoms with Crippen LogP contribution in [0.25, 0.3) is 10.9 Å². The van der Waals surface area contributed by atoms with Crippen molar-refractivity contribution in [3.8, 4) is 0 Å². The predicted octanol–water partition coefficient (Wildman–Crippen LogP) is 4.89. The molecule has 0 fully saturated rings. The standard InChI is InChI=1S/C19H17ClFNO2/c1-11-12(2)22(16-9-5-8-15(20)17(11)16)10-13-6-4-7-14(18(13)21)19(23)24-3/h4-9H,10H2,1-3H3. The number of hydrogen-bond acceptors (Lipinski definition) is 2. The number of nitrogens with zero attached hydrogens (tertiary/aromatic N) is 1. The summed E-state index contributed by atoms with van der Waals surface area (Å²) in [7, 11) is 1.24. The molecule has 0 amide bonds. The van der Waals surface area contributed by atoms with Crippen molar-refractivity contribution in [2.24, 2.45) is 0 Å². The first-order valence-corrected chi connectivity index (χ1v) is 7.93. The second-order valence-electron chi connectivity index (χ2n) is 5.70. The Morgan fingerprint density at radius 2 is 1.92 bits per heavy atom. The van der Waals surface area contributed by atoms with Crippen LogP contribution >= 0.6 is 11.6 Å². The smallest absolute Gasteiger partial charge is 0.340 e. The van der Waals surface area contributed by atoms with Crippen LogP contribution in [-0.4, -0.2) is 17.6 Å². The zero-order chi connectivity index (χ0) is 17.4. The normalized spacial score (nSPS) is 11.0. The van der Waals surface area contributed by atoms with E-state index in [9.17, 15) is 9.18 Å². The van der Waals surface area contributed by atoms with E-state index >= 15 is 0 Å². The van der Waals surface area contributed by atoms with E-state index in [4.69, 9.17) is 11.6 Å². The molecule has 0 unspecified atom stereocenters. The van der Waals surface area contributed by atoms with Gasteiger partial charge in [-0.05, 0) is 37.6 Å². The number of benzene rings is 2. The predicted molar refractivity (Wildman–Crippen MR) is 93.3 cm³/mol. The van der Waals surface area contributed by atoms with E-state index in [1.807, 2.05) is 36.6 Å². The lowest BCUT2D eigenvalue weighted by Crippen LogP contribution is -2.09. The molecule has 5 heteroatoms. The number of aryl methyl sites for hydroxylation is 1. The first kappa shape index (κ1) is 16.5. The SMILES string of the molecule is COC(=O)c1cccc(Cn2c(C)c(C)c3c(Cl)cccc32)c1F. The Labute approximate surface area is 144 Å². The van der Waals surface area contributed by atoms with E-state index in [2.05, 4.69) is 4.74 Å². The van der Waals surface area contributed by atoms with Gasteiger partial charge >= 0.3 is 5.97 Å². The highest BCUT2D eigenvalue weighted by Crippen LogP contribution is 2.32. The molecule has 0 bridgehead atoms. The van der Waals surface area contributed by atoms with Crippen LogP contribution in [0.4, 0.5) is 4.39 Å². The first-order valence-electron chi connectivity index (χ1n) is 7.55. The summed E-state index contributed by atoms with van der Waals surface area (Å²) in [6.07, 6.45) is 0. The molecular formula is C19H17ClFNO2. The molecule has 1 aromatic heterocycles. The Bertz CT molecular complexity index is 946. The highest BCUT2D eigenvalue weighted by molar-refractivity contribution is 6.35. The summed E-state index contributed by atoms with van der Waals surface area (Å²) in [5.74, 6) is -1.23. The van der Waals surface area contributed by atoms with Crippen LogP contribution in [-0.2, 0) is 11.3 Å². The third-order valence-electron chi connectivity index (χ3n) is 4.42. The van der Waals surface area contributed by atoms with Crippen LogP contribution in [0, 0.1) is 19.7 Å². The largest absolute Gasteiger partial charge is 0.465 e. The molecule has 124 valence electrons. The minimum atomic E-state index is -0.678. The molecule has 0 aliphatic carbocycles. The Balaban J connectivity index is 2.14. The molecule has 0 aliphatic heterocycles. The lowest BCUT2D eigenvalue weighted by molar-refractivity contribution is 0.0595. The molecule has 2 aromatic carbocycles. The van der Waals surface area contributed by atoms with E-state index in [1.165, 1.54) is 13.2 Å². The van der Waals surface area contributed by atoms with Crippen LogP contribution in [0.5, 0.6) is 0 Å². The van der Waals surface area contributed by atoms with Gasteiger partial charge in [0.2, 0.25) is 0 Å². The van der Waals surface area contributed by atoms with Gasteiger partial charge in [-0.2, -0.15) is 0 Å². The van der Waals surface area contributed by atoms with Crippen molar-refractivity contribution in [3.05, 3.63) is 69.6 Å². The monoisotopic (exact) mass is 345 g/mol. The average Bonchev–Trinajstić information content (AvgIpc) is 2.82. The number of rotatable bonds is 3. The highest BCUT2D eigenvalue weighted by atomic mass is 35.5. The Kier molecular flexibility index (Phi) is 4.33. The summed E-state index contributed by atoms with van der Waals surface area (Å²) in [5, 5.41) is 1.65. The number of methoxy groups -OCH3 is 1. The molecule has 0 N–H and O–H groups in total. The molecule has 0 atom stereocenters. The van der Waals surface area contributed by atoms with Crippen molar-refractivity contribution < 1.29 is 13.9 Å². The topological polar surface area (TPSA) is 31.2 Å². The first-order chi connectivity index (χ1) is 11.5. The summed E-state index contributed by atoms with van der Waals surface area (Å²) in [4.78, 5) is 11.7. The third-order valence-corrected chi connectivity index (χ3v) is 4.73. The van der Waals surface area contributed by atoms with Gasteiger partial charge in [-0.3, -0.25) is 0 Å². The van der Waals surface area contributed by atoms with E-state index < -0.39 is 11.8 Å². The van der Waals surface area contributed by atoms with Gasteiger partial charge in [0, 0.05) is 16.6 Å². The van der Waals surface area contributed by atoms with Crippen molar-refractivity contribution in [1.82, 2.24) is 4.57 Å². The van der Waals surface area contributed by atoms with Gasteiger partial charge in [0.25, 0.3) is 0 Å². The van der Waals surface area contributed by atoms with Gasteiger partial charge < -0.3 is 9.30 Å². The number of hydrogen-bond donors (Lipinski definition) is 0. The Morgan fingerprint density at radius 3 is 2.62 bits per heavy atom. The molecule has 0 aliphatic rings. The van der Waals surface area contributed by atoms with Gasteiger partial charge in [0.1, 0.15) is 5.82 Å². The van der Waals surface area contributed by atoms with Crippen molar-refractivity contribution >= 4 is 28.5 Å². The van der Waals surface area contributed by atoms with Crippen LogP contribution in [0.15, 0.2) is 36.4 Å². The van der Waals surface area contributed by atoms with Crippen LogP contribution in [0.2, 0.25) is 5.02 Å². The van der Waals surface area contributed by atoms with Gasteiger partial charge in [-0.15, -0.1) is 0 Å².